The molecule has 2 nitrogen and oxygen atoms in total. The highest BCUT2D eigenvalue weighted by atomic mass is 16.1. The molecule has 2 heteroatoms. The lowest BCUT2D eigenvalue weighted by Gasteiger charge is -2.45. The summed E-state index contributed by atoms with van der Waals surface area (Å²) in [5.74, 6) is 2.04. The number of Topliss-reactive ketones (excluding diaryl/α,β-unsaturated/α-hetero) is 1. The predicted molar refractivity (Wildman–Crippen MR) is 86.2 cm³/mol. The van der Waals surface area contributed by atoms with Crippen molar-refractivity contribution in [3.8, 4) is 0 Å². The van der Waals surface area contributed by atoms with Gasteiger partial charge in [0, 0.05) is 12.3 Å². The van der Waals surface area contributed by atoms with Crippen molar-refractivity contribution in [1.29, 1.82) is 0 Å². The number of fused-ring (bicyclic) bond motifs is 4. The summed E-state index contributed by atoms with van der Waals surface area (Å²) in [5.41, 5.74) is 4.26. The topological polar surface area (TPSA) is 34.1 Å². The van der Waals surface area contributed by atoms with E-state index in [1.54, 1.807) is 6.92 Å². The Kier molecular flexibility index (Phi) is 3.08. The maximum absolute atomic E-state index is 12.0. The molecule has 0 amide bonds. The Morgan fingerprint density at radius 2 is 2.00 bits per heavy atom. The van der Waals surface area contributed by atoms with Gasteiger partial charge in [0.05, 0.1) is 0 Å². The Morgan fingerprint density at radius 3 is 2.77 bits per heavy atom. The highest BCUT2D eigenvalue weighted by Gasteiger charge is 2.52. The SMILES string of the molecule is CC(=O)[C@H]1CC[C@H]2[C@@H]3CCC4=CC(=O)CCC4=C3C=C[C@]12C. The van der Waals surface area contributed by atoms with Crippen LogP contribution < -0.4 is 0 Å². The molecule has 0 saturated heterocycles. The lowest BCUT2D eigenvalue weighted by Crippen LogP contribution is -2.38. The van der Waals surface area contributed by atoms with Crippen molar-refractivity contribution in [3.05, 3.63) is 34.9 Å². The molecule has 4 aliphatic carbocycles. The van der Waals surface area contributed by atoms with Crippen LogP contribution in [0.1, 0.15) is 52.4 Å². The Bertz CT molecular complexity index is 649. The zero-order valence-electron chi connectivity index (χ0n) is 13.5. The number of ketones is 2. The minimum atomic E-state index is 0.0479. The third kappa shape index (κ3) is 1.85. The van der Waals surface area contributed by atoms with Crippen molar-refractivity contribution in [1.82, 2.24) is 0 Å². The Morgan fingerprint density at radius 1 is 1.18 bits per heavy atom. The summed E-state index contributed by atoms with van der Waals surface area (Å²) in [5, 5.41) is 0. The summed E-state index contributed by atoms with van der Waals surface area (Å²) in [7, 11) is 0. The fourth-order valence-corrected chi connectivity index (χ4v) is 5.66. The second-order valence-electron chi connectivity index (χ2n) is 7.76. The van der Waals surface area contributed by atoms with Crippen LogP contribution >= 0.6 is 0 Å². The molecule has 0 aliphatic heterocycles. The van der Waals surface area contributed by atoms with Crippen molar-refractivity contribution in [2.24, 2.45) is 23.2 Å². The number of allylic oxidation sites excluding steroid dienone is 6. The molecule has 0 spiro atoms. The Hall–Kier alpha value is -1.44. The smallest absolute Gasteiger partial charge is 0.156 e. The predicted octanol–water partition coefficient (Wildman–Crippen LogP) is 4.17. The van der Waals surface area contributed by atoms with Gasteiger partial charge in [0.15, 0.2) is 5.78 Å². The largest absolute Gasteiger partial charge is 0.300 e. The molecule has 4 rings (SSSR count). The number of carbonyl (C=O) groups excluding carboxylic acids is 2. The van der Waals surface area contributed by atoms with Crippen LogP contribution in [0.25, 0.3) is 0 Å². The van der Waals surface area contributed by atoms with Crippen molar-refractivity contribution in [2.45, 2.75) is 52.4 Å². The van der Waals surface area contributed by atoms with E-state index in [0.717, 1.165) is 25.7 Å². The summed E-state index contributed by atoms with van der Waals surface area (Å²) >= 11 is 0. The van der Waals surface area contributed by atoms with Crippen LogP contribution in [-0.4, -0.2) is 11.6 Å². The van der Waals surface area contributed by atoms with E-state index >= 15 is 0 Å². The van der Waals surface area contributed by atoms with Gasteiger partial charge in [-0.2, -0.15) is 0 Å². The summed E-state index contributed by atoms with van der Waals surface area (Å²) < 4.78 is 0. The minimum Gasteiger partial charge on any atom is -0.300 e. The molecule has 0 aromatic heterocycles. The fourth-order valence-electron chi connectivity index (χ4n) is 5.66. The lowest BCUT2D eigenvalue weighted by molar-refractivity contribution is -0.123. The fraction of sp³-hybridized carbons (Fsp3) is 0.600. The molecule has 0 N–H and O–H groups in total. The van der Waals surface area contributed by atoms with Crippen LogP contribution in [0.2, 0.25) is 0 Å². The molecule has 0 bridgehead atoms. The highest BCUT2D eigenvalue weighted by molar-refractivity contribution is 5.93. The molecular formula is C20H24O2. The van der Waals surface area contributed by atoms with E-state index in [-0.39, 0.29) is 11.3 Å². The van der Waals surface area contributed by atoms with Crippen molar-refractivity contribution in [3.63, 3.8) is 0 Å². The maximum Gasteiger partial charge on any atom is 0.156 e. The summed E-state index contributed by atoms with van der Waals surface area (Å²) in [6.07, 6.45) is 12.5. The average Bonchev–Trinajstić information content (AvgIpc) is 2.84. The number of carbonyl (C=O) groups is 2. The van der Waals surface area contributed by atoms with E-state index in [1.165, 1.54) is 23.1 Å². The molecule has 0 aromatic rings. The minimum absolute atomic E-state index is 0.0479. The van der Waals surface area contributed by atoms with Gasteiger partial charge in [0.25, 0.3) is 0 Å². The maximum atomic E-state index is 12.0. The quantitative estimate of drug-likeness (QED) is 0.727. The first-order chi connectivity index (χ1) is 10.5. The van der Waals surface area contributed by atoms with Crippen LogP contribution in [0, 0.1) is 23.2 Å². The molecule has 0 heterocycles. The zero-order valence-corrected chi connectivity index (χ0v) is 13.5. The molecule has 0 aromatic carbocycles. The van der Waals surface area contributed by atoms with Gasteiger partial charge < -0.3 is 0 Å². The Balaban J connectivity index is 1.79. The molecule has 116 valence electrons. The third-order valence-corrected chi connectivity index (χ3v) is 6.73. The first-order valence-corrected chi connectivity index (χ1v) is 8.67. The van der Waals surface area contributed by atoms with Gasteiger partial charge in [-0.25, -0.2) is 0 Å². The van der Waals surface area contributed by atoms with Crippen LogP contribution in [0.3, 0.4) is 0 Å². The second kappa shape index (κ2) is 4.78. The molecule has 1 fully saturated rings. The van der Waals surface area contributed by atoms with Crippen LogP contribution in [0.5, 0.6) is 0 Å². The van der Waals surface area contributed by atoms with Crippen LogP contribution in [0.15, 0.2) is 34.9 Å². The van der Waals surface area contributed by atoms with E-state index < -0.39 is 0 Å². The van der Waals surface area contributed by atoms with E-state index in [4.69, 9.17) is 0 Å². The standard InChI is InChI=1S/C20H24O2/c1-12(21)18-7-8-19-17-5-3-13-11-14(22)4-6-15(13)16(17)9-10-20(18,19)2/h9-11,17-19H,3-8H2,1-2H3/t17-,18-,19+,20-/m1/s1. The van der Waals surface area contributed by atoms with Gasteiger partial charge in [-0.05, 0) is 79.1 Å². The van der Waals surface area contributed by atoms with E-state index in [1.807, 2.05) is 6.08 Å². The first kappa shape index (κ1) is 14.2. The molecule has 22 heavy (non-hydrogen) atoms. The molecule has 0 unspecified atom stereocenters. The van der Waals surface area contributed by atoms with Crippen LogP contribution in [-0.2, 0) is 9.59 Å². The van der Waals surface area contributed by atoms with Crippen molar-refractivity contribution in [2.75, 3.05) is 0 Å². The van der Waals surface area contributed by atoms with Gasteiger partial charge >= 0.3 is 0 Å². The van der Waals surface area contributed by atoms with Gasteiger partial charge in [-0.3, -0.25) is 9.59 Å². The summed E-state index contributed by atoms with van der Waals surface area (Å²) in [6, 6.07) is 0. The molecule has 4 atom stereocenters. The molecule has 4 aliphatic rings. The number of rotatable bonds is 1. The normalized spacial score (nSPS) is 40.0. The molecule has 0 radical (unpaired) electrons. The monoisotopic (exact) mass is 296 g/mol. The second-order valence-corrected chi connectivity index (χ2v) is 7.76. The van der Waals surface area contributed by atoms with Crippen molar-refractivity contribution >= 4 is 11.6 Å². The van der Waals surface area contributed by atoms with Crippen LogP contribution in [0.4, 0.5) is 0 Å². The third-order valence-electron chi connectivity index (χ3n) is 6.73. The zero-order chi connectivity index (χ0) is 15.5. The summed E-state index contributed by atoms with van der Waals surface area (Å²) in [4.78, 5) is 23.7. The highest BCUT2D eigenvalue weighted by Crippen LogP contribution is 2.59. The lowest BCUT2D eigenvalue weighted by atomic mass is 9.59. The van der Waals surface area contributed by atoms with E-state index in [2.05, 4.69) is 19.1 Å². The van der Waals surface area contributed by atoms with Crippen molar-refractivity contribution < 1.29 is 9.59 Å². The first-order valence-electron chi connectivity index (χ1n) is 8.67. The van der Waals surface area contributed by atoms with Gasteiger partial charge in [-0.15, -0.1) is 0 Å². The van der Waals surface area contributed by atoms with Gasteiger partial charge in [-0.1, -0.05) is 19.1 Å². The average molecular weight is 296 g/mol. The molecule has 1 saturated carbocycles. The van der Waals surface area contributed by atoms with Gasteiger partial charge in [0.1, 0.15) is 5.78 Å². The van der Waals surface area contributed by atoms with E-state index in [0.29, 0.717) is 29.8 Å². The number of hydrogen-bond donors (Lipinski definition) is 0. The Labute approximate surface area is 132 Å². The molecular weight excluding hydrogens is 272 g/mol. The van der Waals surface area contributed by atoms with E-state index in [9.17, 15) is 9.59 Å². The number of hydrogen-bond acceptors (Lipinski definition) is 2. The van der Waals surface area contributed by atoms with Gasteiger partial charge in [0.2, 0.25) is 0 Å². The summed E-state index contributed by atoms with van der Waals surface area (Å²) in [6.45, 7) is 4.05.